The van der Waals surface area contributed by atoms with E-state index in [0.717, 1.165) is 18.4 Å². The molecule has 1 saturated carbocycles. The van der Waals surface area contributed by atoms with E-state index >= 15 is 0 Å². The average molecular weight is 262 g/mol. The molecule has 1 amide bonds. The highest BCUT2D eigenvalue weighted by Crippen LogP contribution is 2.18. The lowest BCUT2D eigenvalue weighted by atomic mass is 9.90. The standard InChI is InChI=1S/C15H22N2O2/c1-16-13-9-5-6-10-14(13)17-15(18)19-11-12-7-3-2-4-8-12/h2-4,7-8,13-14,16H,5-6,9-11H2,1H3,(H,17,18)/t13-,14-/m1/s1. The van der Waals surface area contributed by atoms with Crippen molar-refractivity contribution >= 4 is 6.09 Å². The van der Waals surface area contributed by atoms with Crippen LogP contribution in [0.15, 0.2) is 30.3 Å². The summed E-state index contributed by atoms with van der Waals surface area (Å²) in [6, 6.07) is 10.3. The van der Waals surface area contributed by atoms with Crippen molar-refractivity contribution in [1.29, 1.82) is 0 Å². The van der Waals surface area contributed by atoms with Gasteiger partial charge in [0, 0.05) is 12.1 Å². The van der Waals surface area contributed by atoms with Gasteiger partial charge in [0.15, 0.2) is 0 Å². The van der Waals surface area contributed by atoms with E-state index in [4.69, 9.17) is 4.74 Å². The van der Waals surface area contributed by atoms with Crippen LogP contribution in [0.2, 0.25) is 0 Å². The number of hydrogen-bond donors (Lipinski definition) is 2. The molecule has 4 nitrogen and oxygen atoms in total. The summed E-state index contributed by atoms with van der Waals surface area (Å²) in [5.41, 5.74) is 1.01. The molecule has 0 saturated heterocycles. The molecule has 2 rings (SSSR count). The first-order valence-corrected chi connectivity index (χ1v) is 6.94. The largest absolute Gasteiger partial charge is 0.445 e. The molecular formula is C15H22N2O2. The fourth-order valence-electron chi connectivity index (χ4n) is 2.57. The summed E-state index contributed by atoms with van der Waals surface area (Å²) < 4.78 is 5.25. The Kier molecular flexibility index (Phi) is 5.21. The smallest absolute Gasteiger partial charge is 0.407 e. The number of likely N-dealkylation sites (N-methyl/N-ethyl adjacent to an activating group) is 1. The van der Waals surface area contributed by atoms with Crippen molar-refractivity contribution in [2.45, 2.75) is 44.4 Å². The molecule has 0 heterocycles. The minimum atomic E-state index is -0.323. The van der Waals surface area contributed by atoms with E-state index in [0.29, 0.717) is 12.6 Å². The van der Waals surface area contributed by atoms with Gasteiger partial charge in [0.1, 0.15) is 6.61 Å². The Bertz CT molecular complexity index is 394. The number of nitrogens with one attached hydrogen (secondary N) is 2. The Morgan fingerprint density at radius 2 is 1.89 bits per heavy atom. The van der Waals surface area contributed by atoms with Gasteiger partial charge in [-0.1, -0.05) is 43.2 Å². The summed E-state index contributed by atoms with van der Waals surface area (Å²) >= 11 is 0. The highest BCUT2D eigenvalue weighted by atomic mass is 16.5. The molecule has 2 atom stereocenters. The maximum absolute atomic E-state index is 11.8. The predicted octanol–water partition coefficient (Wildman–Crippen LogP) is 2.44. The Labute approximate surface area is 114 Å². The second kappa shape index (κ2) is 7.14. The first kappa shape index (κ1) is 13.9. The Balaban J connectivity index is 1.77. The van der Waals surface area contributed by atoms with Crippen molar-refractivity contribution in [3.63, 3.8) is 0 Å². The zero-order valence-corrected chi connectivity index (χ0v) is 11.4. The molecule has 0 bridgehead atoms. The van der Waals surface area contributed by atoms with Crippen LogP contribution in [0, 0.1) is 0 Å². The fraction of sp³-hybridized carbons (Fsp3) is 0.533. The monoisotopic (exact) mass is 262 g/mol. The number of rotatable bonds is 4. The van der Waals surface area contributed by atoms with E-state index in [1.807, 2.05) is 37.4 Å². The van der Waals surface area contributed by atoms with E-state index < -0.39 is 0 Å². The fourth-order valence-corrected chi connectivity index (χ4v) is 2.57. The second-order valence-corrected chi connectivity index (χ2v) is 4.99. The van der Waals surface area contributed by atoms with E-state index in [1.54, 1.807) is 0 Å². The van der Waals surface area contributed by atoms with E-state index in [9.17, 15) is 4.79 Å². The van der Waals surface area contributed by atoms with Crippen LogP contribution in [0.5, 0.6) is 0 Å². The molecular weight excluding hydrogens is 240 g/mol. The third-order valence-corrected chi connectivity index (χ3v) is 3.65. The summed E-state index contributed by atoms with van der Waals surface area (Å²) in [6.07, 6.45) is 4.20. The molecule has 1 aromatic rings. The van der Waals surface area contributed by atoms with Crippen molar-refractivity contribution in [2.75, 3.05) is 7.05 Å². The molecule has 0 radical (unpaired) electrons. The maximum atomic E-state index is 11.8. The van der Waals surface area contributed by atoms with Crippen LogP contribution in [0.3, 0.4) is 0 Å². The van der Waals surface area contributed by atoms with Crippen molar-refractivity contribution in [1.82, 2.24) is 10.6 Å². The summed E-state index contributed by atoms with van der Waals surface area (Å²) in [4.78, 5) is 11.8. The molecule has 1 aromatic carbocycles. The number of amides is 1. The molecule has 1 aliphatic rings. The van der Waals surface area contributed by atoms with Crippen LogP contribution in [-0.2, 0) is 11.3 Å². The third-order valence-electron chi connectivity index (χ3n) is 3.65. The topological polar surface area (TPSA) is 50.4 Å². The van der Waals surface area contributed by atoms with Crippen molar-refractivity contribution in [3.8, 4) is 0 Å². The van der Waals surface area contributed by atoms with Gasteiger partial charge >= 0.3 is 6.09 Å². The summed E-state index contributed by atoms with van der Waals surface area (Å²) in [6.45, 7) is 0.323. The highest BCUT2D eigenvalue weighted by molar-refractivity contribution is 5.67. The molecule has 1 aliphatic carbocycles. The molecule has 0 unspecified atom stereocenters. The van der Waals surface area contributed by atoms with Crippen molar-refractivity contribution < 1.29 is 9.53 Å². The lowest BCUT2D eigenvalue weighted by Gasteiger charge is -2.31. The lowest BCUT2D eigenvalue weighted by Crippen LogP contribution is -2.50. The Morgan fingerprint density at radius 3 is 2.58 bits per heavy atom. The molecule has 2 N–H and O–H groups in total. The van der Waals surface area contributed by atoms with Crippen LogP contribution in [0.1, 0.15) is 31.2 Å². The SMILES string of the molecule is CN[C@@H]1CCCC[C@H]1NC(=O)OCc1ccccc1. The van der Waals surface area contributed by atoms with Crippen LogP contribution < -0.4 is 10.6 Å². The zero-order chi connectivity index (χ0) is 13.5. The van der Waals surface area contributed by atoms with Gasteiger partial charge in [0.2, 0.25) is 0 Å². The molecule has 0 aliphatic heterocycles. The summed E-state index contributed by atoms with van der Waals surface area (Å²) in [5.74, 6) is 0. The number of carbonyl (C=O) groups is 1. The number of alkyl carbamates (subject to hydrolysis) is 1. The molecule has 104 valence electrons. The normalized spacial score (nSPS) is 22.8. The summed E-state index contributed by atoms with van der Waals surface area (Å²) in [5, 5.41) is 6.23. The predicted molar refractivity (Wildman–Crippen MR) is 74.9 cm³/mol. The molecule has 0 aromatic heterocycles. The number of hydrogen-bond acceptors (Lipinski definition) is 3. The van der Waals surface area contributed by atoms with E-state index in [-0.39, 0.29) is 12.1 Å². The average Bonchev–Trinajstić information content (AvgIpc) is 2.47. The minimum absolute atomic E-state index is 0.182. The van der Waals surface area contributed by atoms with Gasteiger partial charge in [-0.3, -0.25) is 0 Å². The lowest BCUT2D eigenvalue weighted by molar-refractivity contribution is 0.130. The Hall–Kier alpha value is -1.55. The second-order valence-electron chi connectivity index (χ2n) is 4.99. The van der Waals surface area contributed by atoms with Crippen LogP contribution in [0.25, 0.3) is 0 Å². The number of carbonyl (C=O) groups excluding carboxylic acids is 1. The van der Waals surface area contributed by atoms with Gasteiger partial charge in [-0.15, -0.1) is 0 Å². The molecule has 1 fully saturated rings. The zero-order valence-electron chi connectivity index (χ0n) is 11.4. The Morgan fingerprint density at radius 1 is 1.21 bits per heavy atom. The van der Waals surface area contributed by atoms with E-state index in [2.05, 4.69) is 10.6 Å². The third kappa shape index (κ3) is 4.24. The van der Waals surface area contributed by atoms with Gasteiger partial charge < -0.3 is 15.4 Å². The van der Waals surface area contributed by atoms with Crippen LogP contribution in [-0.4, -0.2) is 25.2 Å². The highest BCUT2D eigenvalue weighted by Gasteiger charge is 2.25. The van der Waals surface area contributed by atoms with Crippen molar-refractivity contribution in [3.05, 3.63) is 35.9 Å². The molecule has 19 heavy (non-hydrogen) atoms. The van der Waals surface area contributed by atoms with Crippen LogP contribution >= 0.6 is 0 Å². The van der Waals surface area contributed by atoms with Gasteiger partial charge in [-0.25, -0.2) is 4.79 Å². The molecule has 4 heteroatoms. The van der Waals surface area contributed by atoms with Gasteiger partial charge in [0.25, 0.3) is 0 Å². The van der Waals surface area contributed by atoms with Crippen LogP contribution in [0.4, 0.5) is 4.79 Å². The van der Waals surface area contributed by atoms with Gasteiger partial charge in [0.05, 0.1) is 0 Å². The first-order chi connectivity index (χ1) is 9.29. The number of benzene rings is 1. The van der Waals surface area contributed by atoms with Gasteiger partial charge in [-0.05, 0) is 25.5 Å². The van der Waals surface area contributed by atoms with Gasteiger partial charge in [-0.2, -0.15) is 0 Å². The maximum Gasteiger partial charge on any atom is 0.407 e. The van der Waals surface area contributed by atoms with Crippen molar-refractivity contribution in [2.24, 2.45) is 0 Å². The first-order valence-electron chi connectivity index (χ1n) is 6.94. The number of ether oxygens (including phenoxy) is 1. The summed E-state index contributed by atoms with van der Waals surface area (Å²) in [7, 11) is 1.94. The molecule has 0 spiro atoms. The minimum Gasteiger partial charge on any atom is -0.445 e. The quantitative estimate of drug-likeness (QED) is 0.876. The van der Waals surface area contributed by atoms with E-state index in [1.165, 1.54) is 12.8 Å².